The molecule has 0 radical (unpaired) electrons. The molecule has 0 aromatic heterocycles. The van der Waals surface area contributed by atoms with Crippen LogP contribution in [0.5, 0.6) is 0 Å². The third kappa shape index (κ3) is 2.36. The van der Waals surface area contributed by atoms with Crippen LogP contribution in [0.25, 0.3) is 0 Å². The van der Waals surface area contributed by atoms with Gasteiger partial charge in [0.05, 0.1) is 6.54 Å². The van der Waals surface area contributed by atoms with E-state index in [0.29, 0.717) is 5.92 Å². The van der Waals surface area contributed by atoms with E-state index in [1.807, 2.05) is 0 Å². The van der Waals surface area contributed by atoms with Crippen molar-refractivity contribution in [3.8, 4) is 0 Å². The smallest absolute Gasteiger partial charge is 0.248 e. The van der Waals surface area contributed by atoms with Crippen LogP contribution in [0.4, 0.5) is 0 Å². The normalized spacial score (nSPS) is 22.2. The van der Waals surface area contributed by atoms with Gasteiger partial charge >= 0.3 is 0 Å². The van der Waals surface area contributed by atoms with Gasteiger partial charge in [-0.25, -0.2) is 0 Å². The Morgan fingerprint density at radius 1 is 1.38 bits per heavy atom. The van der Waals surface area contributed by atoms with Gasteiger partial charge in [-0.1, -0.05) is 20.8 Å². The van der Waals surface area contributed by atoms with Gasteiger partial charge in [0.15, 0.2) is 0 Å². The fourth-order valence-electron chi connectivity index (χ4n) is 2.35. The first-order valence-corrected chi connectivity index (χ1v) is 5.91. The molecule has 92 valence electrons. The molecular weight excluding hydrogens is 204 g/mol. The van der Waals surface area contributed by atoms with Crippen LogP contribution >= 0.6 is 0 Å². The largest absolute Gasteiger partial charge is 0.341 e. The Kier molecular flexibility index (Phi) is 3.61. The summed E-state index contributed by atoms with van der Waals surface area (Å²) in [7, 11) is 0. The van der Waals surface area contributed by atoms with E-state index in [1.165, 1.54) is 0 Å². The van der Waals surface area contributed by atoms with Crippen LogP contribution in [0.15, 0.2) is 0 Å². The topological polar surface area (TPSA) is 49.4 Å². The molecule has 0 bridgehead atoms. The Balaban J connectivity index is 2.94. The van der Waals surface area contributed by atoms with E-state index in [2.05, 4.69) is 26.1 Å². The standard InChI is InChI=1S/C12H22N2O2/c1-6-9(8(2)3)14-7-10(15)13-12(4,5)11(14)16/h8-9H,6-7H2,1-5H3,(H,13,15). The molecule has 4 nitrogen and oxygen atoms in total. The monoisotopic (exact) mass is 226 g/mol. The van der Waals surface area contributed by atoms with Gasteiger partial charge in [-0.3, -0.25) is 9.59 Å². The maximum Gasteiger partial charge on any atom is 0.248 e. The first kappa shape index (κ1) is 13.0. The lowest BCUT2D eigenvalue weighted by Gasteiger charge is -2.42. The number of hydrogen-bond donors (Lipinski definition) is 1. The van der Waals surface area contributed by atoms with Gasteiger partial charge in [-0.05, 0) is 26.2 Å². The molecule has 0 spiro atoms. The van der Waals surface area contributed by atoms with E-state index < -0.39 is 5.54 Å². The number of nitrogens with zero attached hydrogens (tertiary/aromatic N) is 1. The summed E-state index contributed by atoms with van der Waals surface area (Å²) < 4.78 is 0. The zero-order valence-corrected chi connectivity index (χ0v) is 10.8. The van der Waals surface area contributed by atoms with Gasteiger partial charge in [0.25, 0.3) is 0 Å². The van der Waals surface area contributed by atoms with Crippen molar-refractivity contribution in [1.29, 1.82) is 0 Å². The average molecular weight is 226 g/mol. The van der Waals surface area contributed by atoms with Crippen molar-refractivity contribution in [3.63, 3.8) is 0 Å². The third-order valence-corrected chi connectivity index (χ3v) is 3.15. The van der Waals surface area contributed by atoms with E-state index in [0.717, 1.165) is 6.42 Å². The number of rotatable bonds is 3. The third-order valence-electron chi connectivity index (χ3n) is 3.15. The zero-order valence-electron chi connectivity index (χ0n) is 10.8. The highest BCUT2D eigenvalue weighted by atomic mass is 16.2. The van der Waals surface area contributed by atoms with Crippen LogP contribution in [-0.2, 0) is 9.59 Å². The summed E-state index contributed by atoms with van der Waals surface area (Å²) in [5, 5.41) is 2.72. The molecule has 1 N–H and O–H groups in total. The molecule has 4 heteroatoms. The van der Waals surface area contributed by atoms with Gasteiger partial charge in [-0.2, -0.15) is 0 Å². The lowest BCUT2D eigenvalue weighted by molar-refractivity contribution is -0.151. The molecule has 1 fully saturated rings. The minimum atomic E-state index is -0.766. The Hall–Kier alpha value is -1.06. The Labute approximate surface area is 97.4 Å². The van der Waals surface area contributed by atoms with Crippen molar-refractivity contribution in [1.82, 2.24) is 10.2 Å². The molecule has 1 saturated heterocycles. The maximum absolute atomic E-state index is 12.2. The summed E-state index contributed by atoms with van der Waals surface area (Å²) in [4.78, 5) is 25.5. The van der Waals surface area contributed by atoms with Crippen LogP contribution < -0.4 is 5.32 Å². The quantitative estimate of drug-likeness (QED) is 0.785. The predicted molar refractivity (Wildman–Crippen MR) is 62.9 cm³/mol. The summed E-state index contributed by atoms with van der Waals surface area (Å²) >= 11 is 0. The summed E-state index contributed by atoms with van der Waals surface area (Å²) in [5.74, 6) is 0.326. The number of carbonyl (C=O) groups excluding carboxylic acids is 2. The van der Waals surface area contributed by atoms with Gasteiger partial charge in [-0.15, -0.1) is 0 Å². The molecule has 16 heavy (non-hydrogen) atoms. The second-order valence-electron chi connectivity index (χ2n) is 5.33. The van der Waals surface area contributed by atoms with Crippen LogP contribution in [0.3, 0.4) is 0 Å². The predicted octanol–water partition coefficient (Wildman–Crippen LogP) is 1.16. The van der Waals surface area contributed by atoms with E-state index in [-0.39, 0.29) is 24.4 Å². The molecule has 1 aliphatic rings. The fourth-order valence-corrected chi connectivity index (χ4v) is 2.35. The van der Waals surface area contributed by atoms with Crippen LogP contribution in [-0.4, -0.2) is 34.8 Å². The van der Waals surface area contributed by atoms with E-state index in [1.54, 1.807) is 18.7 Å². The SMILES string of the molecule is CCC(C(C)C)N1CC(=O)NC(C)(C)C1=O. The van der Waals surface area contributed by atoms with Crippen LogP contribution in [0.2, 0.25) is 0 Å². The second-order valence-corrected chi connectivity index (χ2v) is 5.33. The molecule has 1 heterocycles. The number of nitrogens with one attached hydrogen (secondary N) is 1. The highest BCUT2D eigenvalue weighted by molar-refractivity contribution is 5.97. The average Bonchev–Trinajstić information content (AvgIpc) is 2.12. The summed E-state index contributed by atoms with van der Waals surface area (Å²) in [6.45, 7) is 9.93. The Morgan fingerprint density at radius 2 is 1.94 bits per heavy atom. The van der Waals surface area contributed by atoms with Crippen molar-refractivity contribution in [2.24, 2.45) is 5.92 Å². The lowest BCUT2D eigenvalue weighted by atomic mass is 9.94. The minimum Gasteiger partial charge on any atom is -0.341 e. The number of piperazine rings is 1. The molecule has 0 aliphatic carbocycles. The number of amides is 2. The van der Waals surface area contributed by atoms with Gasteiger partial charge < -0.3 is 10.2 Å². The van der Waals surface area contributed by atoms with Crippen molar-refractivity contribution in [3.05, 3.63) is 0 Å². The molecule has 1 unspecified atom stereocenters. The van der Waals surface area contributed by atoms with E-state index in [4.69, 9.17) is 0 Å². The molecule has 2 amide bonds. The minimum absolute atomic E-state index is 0.0210. The number of hydrogen-bond acceptors (Lipinski definition) is 2. The highest BCUT2D eigenvalue weighted by Gasteiger charge is 2.41. The molecule has 1 aliphatic heterocycles. The zero-order chi connectivity index (χ0) is 12.5. The molecule has 1 atom stereocenters. The molecule has 1 rings (SSSR count). The van der Waals surface area contributed by atoms with Crippen molar-refractivity contribution >= 4 is 11.8 Å². The Bertz CT molecular complexity index is 297. The summed E-state index contributed by atoms with van der Waals surface area (Å²) in [6, 6.07) is 0.151. The molecule has 0 aromatic rings. The highest BCUT2D eigenvalue weighted by Crippen LogP contribution is 2.21. The lowest BCUT2D eigenvalue weighted by Crippen LogP contribution is -2.66. The molecule has 0 saturated carbocycles. The second kappa shape index (κ2) is 4.44. The molecular formula is C12H22N2O2. The van der Waals surface area contributed by atoms with Gasteiger partial charge in [0, 0.05) is 6.04 Å². The van der Waals surface area contributed by atoms with E-state index >= 15 is 0 Å². The maximum atomic E-state index is 12.2. The van der Waals surface area contributed by atoms with Crippen LogP contribution in [0, 0.1) is 5.92 Å². The van der Waals surface area contributed by atoms with E-state index in [9.17, 15) is 9.59 Å². The fraction of sp³-hybridized carbons (Fsp3) is 0.833. The van der Waals surface area contributed by atoms with Crippen molar-refractivity contribution < 1.29 is 9.59 Å². The van der Waals surface area contributed by atoms with Gasteiger partial charge in [0.1, 0.15) is 5.54 Å². The van der Waals surface area contributed by atoms with Crippen LogP contribution in [0.1, 0.15) is 41.0 Å². The summed E-state index contributed by atoms with van der Waals surface area (Å²) in [5.41, 5.74) is -0.766. The first-order chi connectivity index (χ1) is 7.29. The Morgan fingerprint density at radius 3 is 2.38 bits per heavy atom. The first-order valence-electron chi connectivity index (χ1n) is 5.91. The molecule has 0 aromatic carbocycles. The number of carbonyl (C=O) groups is 2. The van der Waals surface area contributed by atoms with Crippen molar-refractivity contribution in [2.45, 2.75) is 52.6 Å². The summed E-state index contributed by atoms with van der Waals surface area (Å²) in [6.07, 6.45) is 0.882. The van der Waals surface area contributed by atoms with Gasteiger partial charge in [0.2, 0.25) is 11.8 Å². The van der Waals surface area contributed by atoms with Crippen molar-refractivity contribution in [2.75, 3.05) is 6.54 Å².